The van der Waals surface area contributed by atoms with Crippen molar-refractivity contribution in [2.45, 2.75) is 33.6 Å². The van der Waals surface area contributed by atoms with Crippen LogP contribution in [-0.4, -0.2) is 19.6 Å². The molecule has 0 radical (unpaired) electrons. The number of carbonyl (C=O) groups excluding carboxylic acids is 1. The molecule has 0 saturated heterocycles. The van der Waals surface area contributed by atoms with Crippen molar-refractivity contribution < 1.29 is 9.53 Å². The van der Waals surface area contributed by atoms with E-state index < -0.39 is 5.41 Å². The molecule has 0 aromatic heterocycles. The average Bonchev–Trinajstić information content (AvgIpc) is 2.45. The number of rotatable bonds is 6. The Labute approximate surface area is 125 Å². The fraction of sp³-hybridized carbons (Fsp3) is 0.533. The van der Waals surface area contributed by atoms with Gasteiger partial charge in [-0.1, -0.05) is 25.4 Å². The van der Waals surface area contributed by atoms with E-state index >= 15 is 0 Å². The van der Waals surface area contributed by atoms with Crippen molar-refractivity contribution in [1.82, 2.24) is 0 Å². The molecule has 1 amide bonds. The van der Waals surface area contributed by atoms with Gasteiger partial charge in [-0.05, 0) is 31.4 Å². The molecule has 0 heterocycles. The topological polar surface area (TPSA) is 64.4 Å². The average molecular weight is 299 g/mol. The van der Waals surface area contributed by atoms with Crippen molar-refractivity contribution in [1.29, 1.82) is 0 Å². The minimum atomic E-state index is -0.543. The summed E-state index contributed by atoms with van der Waals surface area (Å²) in [7, 11) is 1.55. The quantitative estimate of drug-likeness (QED) is 0.846. The predicted molar refractivity (Wildman–Crippen MR) is 83.4 cm³/mol. The van der Waals surface area contributed by atoms with Gasteiger partial charge in [0, 0.05) is 17.6 Å². The van der Waals surface area contributed by atoms with E-state index in [4.69, 9.17) is 22.1 Å². The molecule has 3 N–H and O–H groups in total. The summed E-state index contributed by atoms with van der Waals surface area (Å²) in [4.78, 5) is 12.5. The van der Waals surface area contributed by atoms with Gasteiger partial charge in [-0.15, -0.1) is 0 Å². The van der Waals surface area contributed by atoms with Crippen molar-refractivity contribution in [3.63, 3.8) is 0 Å². The first-order valence-electron chi connectivity index (χ1n) is 6.79. The van der Waals surface area contributed by atoms with Gasteiger partial charge < -0.3 is 15.8 Å². The van der Waals surface area contributed by atoms with E-state index in [0.29, 0.717) is 35.8 Å². The molecule has 0 atom stereocenters. The largest absolute Gasteiger partial charge is 0.495 e. The van der Waals surface area contributed by atoms with Crippen molar-refractivity contribution in [2.75, 3.05) is 19.0 Å². The molecule has 0 saturated carbocycles. The molecule has 0 fully saturated rings. The third-order valence-electron chi connectivity index (χ3n) is 3.95. The molecule has 4 nitrogen and oxygen atoms in total. The van der Waals surface area contributed by atoms with E-state index in [2.05, 4.69) is 5.32 Å². The van der Waals surface area contributed by atoms with Crippen LogP contribution in [-0.2, 0) is 4.79 Å². The second-order valence-electron chi connectivity index (χ2n) is 4.95. The standard InChI is InChI=1S/C15H23ClN2O2/c1-5-15(6-2,9-17)14(19)18-12-7-10(3)11(16)8-13(12)20-4/h7-8H,5-6,9,17H2,1-4H3,(H,18,19). The third kappa shape index (κ3) is 3.25. The Balaban J connectivity index is 3.09. The first kappa shape index (κ1) is 16.8. The van der Waals surface area contributed by atoms with Gasteiger partial charge in [0.25, 0.3) is 0 Å². The lowest BCUT2D eigenvalue weighted by Gasteiger charge is -2.29. The fourth-order valence-corrected chi connectivity index (χ4v) is 2.29. The summed E-state index contributed by atoms with van der Waals surface area (Å²) in [6, 6.07) is 3.51. The maximum Gasteiger partial charge on any atom is 0.231 e. The number of nitrogens with one attached hydrogen (secondary N) is 1. The molecular weight excluding hydrogens is 276 g/mol. The number of nitrogens with two attached hydrogens (primary N) is 1. The molecule has 1 aromatic carbocycles. The molecule has 0 aliphatic carbocycles. The molecule has 0 bridgehead atoms. The van der Waals surface area contributed by atoms with Gasteiger partial charge in [-0.3, -0.25) is 4.79 Å². The minimum Gasteiger partial charge on any atom is -0.495 e. The molecular formula is C15H23ClN2O2. The Morgan fingerprint density at radius 2 is 2.00 bits per heavy atom. The van der Waals surface area contributed by atoms with Crippen molar-refractivity contribution in [2.24, 2.45) is 11.1 Å². The zero-order valence-electron chi connectivity index (χ0n) is 12.5. The highest BCUT2D eigenvalue weighted by atomic mass is 35.5. The molecule has 5 heteroatoms. The van der Waals surface area contributed by atoms with Gasteiger partial charge >= 0.3 is 0 Å². The van der Waals surface area contributed by atoms with Crippen molar-refractivity contribution >= 4 is 23.2 Å². The van der Waals surface area contributed by atoms with Gasteiger partial charge in [-0.2, -0.15) is 0 Å². The highest BCUT2D eigenvalue weighted by Crippen LogP contribution is 2.33. The van der Waals surface area contributed by atoms with E-state index in [0.717, 1.165) is 5.56 Å². The highest BCUT2D eigenvalue weighted by molar-refractivity contribution is 6.31. The van der Waals surface area contributed by atoms with Crippen molar-refractivity contribution in [3.05, 3.63) is 22.7 Å². The molecule has 1 rings (SSSR count). The van der Waals surface area contributed by atoms with Crippen LogP contribution >= 0.6 is 11.6 Å². The predicted octanol–water partition coefficient (Wildman–Crippen LogP) is 3.36. The molecule has 0 unspecified atom stereocenters. The molecule has 20 heavy (non-hydrogen) atoms. The highest BCUT2D eigenvalue weighted by Gasteiger charge is 2.33. The molecule has 1 aromatic rings. The molecule has 0 aliphatic rings. The summed E-state index contributed by atoms with van der Waals surface area (Å²) in [5.74, 6) is 0.470. The first-order chi connectivity index (χ1) is 9.43. The lowest BCUT2D eigenvalue weighted by atomic mass is 9.81. The van der Waals surface area contributed by atoms with Crippen molar-refractivity contribution in [3.8, 4) is 5.75 Å². The summed E-state index contributed by atoms with van der Waals surface area (Å²) in [6.45, 7) is 6.15. The Morgan fingerprint density at radius 1 is 1.40 bits per heavy atom. The molecule has 0 aliphatic heterocycles. The zero-order valence-corrected chi connectivity index (χ0v) is 13.3. The Morgan fingerprint density at radius 3 is 2.45 bits per heavy atom. The minimum absolute atomic E-state index is 0.0787. The summed E-state index contributed by atoms with van der Waals surface area (Å²) >= 11 is 6.06. The second-order valence-corrected chi connectivity index (χ2v) is 5.35. The Hall–Kier alpha value is -1.26. The summed E-state index contributed by atoms with van der Waals surface area (Å²) in [5, 5.41) is 3.53. The van der Waals surface area contributed by atoms with Gasteiger partial charge in [0.05, 0.1) is 18.2 Å². The van der Waals surface area contributed by atoms with Crippen LogP contribution in [0.15, 0.2) is 12.1 Å². The van der Waals surface area contributed by atoms with Crippen LogP contribution in [0.3, 0.4) is 0 Å². The number of hydrogen-bond acceptors (Lipinski definition) is 3. The molecule has 112 valence electrons. The van der Waals surface area contributed by atoms with E-state index in [9.17, 15) is 4.79 Å². The summed E-state index contributed by atoms with van der Waals surface area (Å²) in [6.07, 6.45) is 1.39. The summed E-state index contributed by atoms with van der Waals surface area (Å²) < 4.78 is 5.27. The van der Waals surface area contributed by atoms with Crippen LogP contribution in [0.1, 0.15) is 32.3 Å². The number of methoxy groups -OCH3 is 1. The Bertz CT molecular complexity index is 477. The van der Waals surface area contributed by atoms with Crippen LogP contribution in [0.4, 0.5) is 5.69 Å². The number of halogens is 1. The van der Waals surface area contributed by atoms with Gasteiger partial charge in [0.2, 0.25) is 5.91 Å². The van der Waals surface area contributed by atoms with Gasteiger partial charge in [0.1, 0.15) is 5.75 Å². The van der Waals surface area contributed by atoms with Gasteiger partial charge in [0.15, 0.2) is 0 Å². The lowest BCUT2D eigenvalue weighted by molar-refractivity contribution is -0.125. The fourth-order valence-electron chi connectivity index (χ4n) is 2.14. The van der Waals surface area contributed by atoms with Crippen LogP contribution in [0.25, 0.3) is 0 Å². The number of benzene rings is 1. The van der Waals surface area contributed by atoms with Crippen LogP contribution in [0, 0.1) is 12.3 Å². The maximum atomic E-state index is 12.5. The SMILES string of the molecule is CCC(CC)(CN)C(=O)Nc1cc(C)c(Cl)cc1OC. The normalized spacial score (nSPS) is 11.3. The number of anilines is 1. The van der Waals surface area contributed by atoms with Crippen LogP contribution in [0.2, 0.25) is 5.02 Å². The third-order valence-corrected chi connectivity index (χ3v) is 4.36. The van der Waals surface area contributed by atoms with E-state index in [1.807, 2.05) is 26.8 Å². The lowest BCUT2D eigenvalue weighted by Crippen LogP contribution is -2.41. The van der Waals surface area contributed by atoms with E-state index in [-0.39, 0.29) is 5.91 Å². The molecule has 0 spiro atoms. The maximum absolute atomic E-state index is 12.5. The number of amides is 1. The number of ether oxygens (including phenoxy) is 1. The zero-order chi connectivity index (χ0) is 15.3. The number of aryl methyl sites for hydroxylation is 1. The second kappa shape index (κ2) is 6.95. The van der Waals surface area contributed by atoms with E-state index in [1.165, 1.54) is 0 Å². The summed E-state index contributed by atoms with van der Waals surface area (Å²) in [5.41, 5.74) is 6.76. The number of hydrogen-bond donors (Lipinski definition) is 2. The Kier molecular flexibility index (Phi) is 5.84. The first-order valence-corrected chi connectivity index (χ1v) is 7.17. The monoisotopic (exact) mass is 298 g/mol. The van der Waals surface area contributed by atoms with Crippen LogP contribution in [0.5, 0.6) is 5.75 Å². The van der Waals surface area contributed by atoms with E-state index in [1.54, 1.807) is 13.2 Å². The van der Waals surface area contributed by atoms with Gasteiger partial charge in [-0.25, -0.2) is 0 Å². The number of carbonyl (C=O) groups is 1. The smallest absolute Gasteiger partial charge is 0.231 e. The van der Waals surface area contributed by atoms with Crippen LogP contribution < -0.4 is 15.8 Å².